The fourth-order valence-electron chi connectivity index (χ4n) is 1.62. The zero-order chi connectivity index (χ0) is 11.7. The van der Waals surface area contributed by atoms with Crippen LogP contribution in [0.15, 0.2) is 22.6 Å². The molecule has 0 amide bonds. The number of rotatable bonds is 2. The predicted octanol–water partition coefficient (Wildman–Crippen LogP) is 2.93. The normalized spacial score (nSPS) is 10.7. The molecule has 0 bridgehead atoms. The van der Waals surface area contributed by atoms with Crippen molar-refractivity contribution in [2.24, 2.45) is 0 Å². The van der Waals surface area contributed by atoms with Crippen LogP contribution in [0.25, 0.3) is 11.3 Å². The molecule has 1 aromatic heterocycles. The first-order valence-electron chi connectivity index (χ1n) is 5.13. The predicted molar refractivity (Wildman–Crippen MR) is 60.4 cm³/mol. The summed E-state index contributed by atoms with van der Waals surface area (Å²) in [6, 6.07) is 4.97. The van der Waals surface area contributed by atoms with Crippen LogP contribution in [0.3, 0.4) is 0 Å². The Kier molecular flexibility index (Phi) is 2.64. The molecule has 16 heavy (non-hydrogen) atoms. The van der Waals surface area contributed by atoms with E-state index >= 15 is 0 Å². The second kappa shape index (κ2) is 3.96. The summed E-state index contributed by atoms with van der Waals surface area (Å²) < 4.78 is 18.5. The molecule has 0 spiro atoms. The van der Waals surface area contributed by atoms with Gasteiger partial charge in [0.2, 0.25) is 0 Å². The number of hydrogen-bond acceptors (Lipinski definition) is 3. The van der Waals surface area contributed by atoms with E-state index in [4.69, 9.17) is 10.2 Å². The third kappa shape index (κ3) is 1.78. The molecule has 0 atom stereocenters. The highest BCUT2D eigenvalue weighted by molar-refractivity contribution is 5.62. The Bertz CT molecular complexity index is 520. The average Bonchev–Trinajstić information content (AvgIpc) is 2.63. The minimum Gasteiger partial charge on any atom is -0.423 e. The van der Waals surface area contributed by atoms with E-state index in [2.05, 4.69) is 4.98 Å². The van der Waals surface area contributed by atoms with Crippen molar-refractivity contribution in [1.29, 1.82) is 0 Å². The number of hydrogen-bond donors (Lipinski definition) is 1. The Hall–Kier alpha value is -1.84. The van der Waals surface area contributed by atoms with Gasteiger partial charge in [-0.05, 0) is 37.1 Å². The molecule has 0 fully saturated rings. The summed E-state index contributed by atoms with van der Waals surface area (Å²) in [5, 5.41) is 0. The minimum absolute atomic E-state index is 0.147. The van der Waals surface area contributed by atoms with Gasteiger partial charge in [0.25, 0.3) is 6.01 Å². The van der Waals surface area contributed by atoms with Crippen LogP contribution in [0, 0.1) is 12.7 Å². The van der Waals surface area contributed by atoms with Crippen LogP contribution in [-0.2, 0) is 6.42 Å². The molecular weight excluding hydrogens is 207 g/mol. The molecule has 0 aliphatic carbocycles. The molecule has 0 radical (unpaired) electrons. The monoisotopic (exact) mass is 220 g/mol. The maximum absolute atomic E-state index is 13.1. The van der Waals surface area contributed by atoms with Gasteiger partial charge in [-0.1, -0.05) is 6.92 Å². The van der Waals surface area contributed by atoms with Crippen molar-refractivity contribution in [1.82, 2.24) is 4.98 Å². The topological polar surface area (TPSA) is 52.0 Å². The summed E-state index contributed by atoms with van der Waals surface area (Å²) >= 11 is 0. The molecule has 1 aromatic carbocycles. The Morgan fingerprint density at radius 1 is 1.44 bits per heavy atom. The first-order chi connectivity index (χ1) is 7.61. The van der Waals surface area contributed by atoms with Crippen molar-refractivity contribution in [3.05, 3.63) is 35.3 Å². The second-order valence-corrected chi connectivity index (χ2v) is 3.65. The fraction of sp³-hybridized carbons (Fsp3) is 0.250. The highest BCUT2D eigenvalue weighted by atomic mass is 19.1. The number of nitrogen functional groups attached to an aromatic ring is 1. The highest BCUT2D eigenvalue weighted by Gasteiger charge is 2.12. The van der Waals surface area contributed by atoms with Crippen molar-refractivity contribution in [2.75, 3.05) is 5.73 Å². The molecule has 0 saturated heterocycles. The van der Waals surface area contributed by atoms with Gasteiger partial charge in [-0.25, -0.2) is 4.39 Å². The molecule has 84 valence electrons. The lowest BCUT2D eigenvalue weighted by atomic mass is 10.1. The average molecular weight is 220 g/mol. The standard InChI is InChI=1S/C12H13FN2O/c1-3-10-11(16-12(14)15-10)8-4-5-9(13)7(2)6-8/h4-6H,3H2,1-2H3,(H2,14,15). The molecule has 1 heterocycles. The summed E-state index contributed by atoms with van der Waals surface area (Å²) in [7, 11) is 0. The summed E-state index contributed by atoms with van der Waals surface area (Å²) in [6.07, 6.45) is 0.729. The maximum atomic E-state index is 13.1. The summed E-state index contributed by atoms with van der Waals surface area (Å²) in [4.78, 5) is 4.07. The van der Waals surface area contributed by atoms with E-state index in [1.54, 1.807) is 19.1 Å². The van der Waals surface area contributed by atoms with Gasteiger partial charge in [-0.15, -0.1) is 0 Å². The number of benzene rings is 1. The Morgan fingerprint density at radius 3 is 2.81 bits per heavy atom. The quantitative estimate of drug-likeness (QED) is 0.846. The molecule has 3 nitrogen and oxygen atoms in total. The lowest BCUT2D eigenvalue weighted by Crippen LogP contribution is -1.88. The maximum Gasteiger partial charge on any atom is 0.292 e. The van der Waals surface area contributed by atoms with Crippen molar-refractivity contribution in [3.63, 3.8) is 0 Å². The van der Waals surface area contributed by atoms with Crippen LogP contribution >= 0.6 is 0 Å². The van der Waals surface area contributed by atoms with Gasteiger partial charge < -0.3 is 10.2 Å². The summed E-state index contributed by atoms with van der Waals surface area (Å²) in [5.74, 6) is 0.400. The number of nitrogens with zero attached hydrogens (tertiary/aromatic N) is 1. The number of anilines is 1. The number of aromatic nitrogens is 1. The van der Waals surface area contributed by atoms with E-state index in [0.717, 1.165) is 17.7 Å². The van der Waals surface area contributed by atoms with Crippen molar-refractivity contribution in [2.45, 2.75) is 20.3 Å². The van der Waals surface area contributed by atoms with Crippen molar-refractivity contribution < 1.29 is 8.81 Å². The van der Waals surface area contributed by atoms with Gasteiger partial charge in [0.1, 0.15) is 5.82 Å². The number of halogens is 1. The molecule has 0 aliphatic rings. The van der Waals surface area contributed by atoms with E-state index in [1.807, 2.05) is 6.92 Å². The van der Waals surface area contributed by atoms with Gasteiger partial charge >= 0.3 is 0 Å². The molecule has 2 N–H and O–H groups in total. The van der Waals surface area contributed by atoms with Crippen LogP contribution < -0.4 is 5.73 Å². The molecule has 4 heteroatoms. The first-order valence-corrected chi connectivity index (χ1v) is 5.13. The van der Waals surface area contributed by atoms with E-state index < -0.39 is 0 Å². The van der Waals surface area contributed by atoms with Gasteiger partial charge in [-0.3, -0.25) is 0 Å². The van der Waals surface area contributed by atoms with E-state index in [0.29, 0.717) is 11.3 Å². The van der Waals surface area contributed by atoms with Gasteiger partial charge in [-0.2, -0.15) is 4.98 Å². The minimum atomic E-state index is -0.228. The Balaban J connectivity index is 2.53. The number of aryl methyl sites for hydroxylation is 2. The molecule has 0 aliphatic heterocycles. The molecule has 2 rings (SSSR count). The fourth-order valence-corrected chi connectivity index (χ4v) is 1.62. The Morgan fingerprint density at radius 2 is 2.19 bits per heavy atom. The molecule has 0 saturated carbocycles. The summed E-state index contributed by atoms with van der Waals surface area (Å²) in [6.45, 7) is 3.68. The second-order valence-electron chi connectivity index (χ2n) is 3.65. The van der Waals surface area contributed by atoms with Gasteiger partial charge in [0.05, 0.1) is 5.69 Å². The van der Waals surface area contributed by atoms with Gasteiger partial charge in [0, 0.05) is 5.56 Å². The van der Waals surface area contributed by atoms with E-state index in [-0.39, 0.29) is 11.8 Å². The molecule has 0 unspecified atom stereocenters. The van der Waals surface area contributed by atoms with Crippen LogP contribution in [0.4, 0.5) is 10.4 Å². The highest BCUT2D eigenvalue weighted by Crippen LogP contribution is 2.27. The zero-order valence-electron chi connectivity index (χ0n) is 9.25. The van der Waals surface area contributed by atoms with Crippen LogP contribution in [-0.4, -0.2) is 4.98 Å². The number of oxazole rings is 1. The lowest BCUT2D eigenvalue weighted by Gasteiger charge is -2.01. The van der Waals surface area contributed by atoms with E-state index in [9.17, 15) is 4.39 Å². The third-order valence-corrected chi connectivity index (χ3v) is 2.47. The zero-order valence-corrected chi connectivity index (χ0v) is 9.25. The smallest absolute Gasteiger partial charge is 0.292 e. The SMILES string of the molecule is CCc1nc(N)oc1-c1ccc(F)c(C)c1. The van der Waals surface area contributed by atoms with Crippen molar-refractivity contribution in [3.8, 4) is 11.3 Å². The molecule has 2 aromatic rings. The van der Waals surface area contributed by atoms with Crippen LogP contribution in [0.5, 0.6) is 0 Å². The largest absolute Gasteiger partial charge is 0.423 e. The van der Waals surface area contributed by atoms with Crippen molar-refractivity contribution >= 4 is 6.01 Å². The first kappa shape index (κ1) is 10.7. The number of nitrogens with two attached hydrogens (primary N) is 1. The van der Waals surface area contributed by atoms with Crippen LogP contribution in [0.2, 0.25) is 0 Å². The molecular formula is C12H13FN2O. The Labute approximate surface area is 93.1 Å². The van der Waals surface area contributed by atoms with E-state index in [1.165, 1.54) is 6.07 Å². The summed E-state index contributed by atoms with van der Waals surface area (Å²) in [5.41, 5.74) is 7.69. The lowest BCUT2D eigenvalue weighted by molar-refractivity contribution is 0.592. The van der Waals surface area contributed by atoms with Gasteiger partial charge in [0.15, 0.2) is 5.76 Å². The van der Waals surface area contributed by atoms with Crippen LogP contribution in [0.1, 0.15) is 18.2 Å². The third-order valence-electron chi connectivity index (χ3n) is 2.47.